The normalized spacial score (nSPS) is 15.6. The summed E-state index contributed by atoms with van der Waals surface area (Å²) < 4.78 is 29.2. The van der Waals surface area contributed by atoms with Crippen LogP contribution in [0.15, 0.2) is 73.8 Å². The maximum absolute atomic E-state index is 13.6. The van der Waals surface area contributed by atoms with Gasteiger partial charge in [0.2, 0.25) is 5.91 Å². The fraction of sp³-hybridized carbons (Fsp3) is 0.222. The molecule has 0 saturated carbocycles. The molecule has 4 aromatic rings. The summed E-state index contributed by atoms with van der Waals surface area (Å²) in [7, 11) is 0. The first kappa shape index (κ1) is 24.2. The lowest BCUT2D eigenvalue weighted by atomic mass is 10.1. The Morgan fingerprint density at radius 2 is 1.97 bits per heavy atom. The fourth-order valence-electron chi connectivity index (χ4n) is 4.50. The van der Waals surface area contributed by atoms with Gasteiger partial charge in [-0.15, -0.1) is 0 Å². The Kier molecular flexibility index (Phi) is 6.24. The number of aromatic nitrogens is 4. The lowest BCUT2D eigenvalue weighted by Gasteiger charge is -2.13. The van der Waals surface area contributed by atoms with Gasteiger partial charge >= 0.3 is 0 Å². The Morgan fingerprint density at radius 3 is 2.70 bits per heavy atom. The number of amides is 2. The number of halogens is 2. The van der Waals surface area contributed by atoms with Gasteiger partial charge in [0.25, 0.3) is 11.8 Å². The van der Waals surface area contributed by atoms with Gasteiger partial charge in [0, 0.05) is 61.2 Å². The fourth-order valence-corrected chi connectivity index (χ4v) is 4.50. The van der Waals surface area contributed by atoms with E-state index in [1.54, 1.807) is 41.6 Å². The number of hydrogen-bond acceptors (Lipinski definition) is 5. The molecule has 10 heteroatoms. The van der Waals surface area contributed by atoms with Crippen molar-refractivity contribution in [2.75, 3.05) is 18.4 Å². The number of nitrogens with one attached hydrogen (secondary N) is 1. The average molecular weight is 503 g/mol. The van der Waals surface area contributed by atoms with E-state index in [1.807, 2.05) is 10.6 Å². The number of carbonyl (C=O) groups excluding carboxylic acids is 2. The van der Waals surface area contributed by atoms with Gasteiger partial charge < -0.3 is 10.2 Å². The van der Waals surface area contributed by atoms with Crippen molar-refractivity contribution in [1.82, 2.24) is 24.3 Å². The maximum Gasteiger partial charge on any atom is 0.270 e. The molecule has 1 aromatic carbocycles. The lowest BCUT2D eigenvalue weighted by Crippen LogP contribution is -2.26. The topological polar surface area (TPSA) is 92.5 Å². The summed E-state index contributed by atoms with van der Waals surface area (Å²) in [4.78, 5) is 39.7. The Balaban J connectivity index is 1.39. The predicted molar refractivity (Wildman–Crippen MR) is 134 cm³/mol. The smallest absolute Gasteiger partial charge is 0.270 e. The molecule has 0 spiro atoms. The number of likely N-dealkylation sites (tertiary alicyclic amines) is 1. The van der Waals surface area contributed by atoms with Crippen LogP contribution in [0.3, 0.4) is 0 Å². The monoisotopic (exact) mass is 502 g/mol. The highest BCUT2D eigenvalue weighted by Gasteiger charge is 2.30. The van der Waals surface area contributed by atoms with E-state index in [4.69, 9.17) is 4.98 Å². The Bertz CT molecular complexity index is 1490. The highest BCUT2D eigenvalue weighted by atomic mass is 19.3. The van der Waals surface area contributed by atoms with Crippen LogP contribution in [0.1, 0.15) is 41.0 Å². The highest BCUT2D eigenvalue weighted by Crippen LogP contribution is 2.32. The van der Waals surface area contributed by atoms with Gasteiger partial charge in [-0.3, -0.25) is 19.0 Å². The Morgan fingerprint density at radius 1 is 1.19 bits per heavy atom. The van der Waals surface area contributed by atoms with Crippen LogP contribution < -0.4 is 5.32 Å². The van der Waals surface area contributed by atoms with Crippen LogP contribution in [0.5, 0.6) is 0 Å². The second kappa shape index (κ2) is 9.53. The molecule has 0 unspecified atom stereocenters. The average Bonchev–Trinajstić information content (AvgIpc) is 3.53. The largest absolute Gasteiger partial charge is 0.338 e. The van der Waals surface area contributed by atoms with Crippen molar-refractivity contribution in [2.45, 2.75) is 25.2 Å². The molecule has 1 N–H and O–H groups in total. The lowest BCUT2D eigenvalue weighted by molar-refractivity contribution is -0.125. The van der Waals surface area contributed by atoms with Crippen molar-refractivity contribution in [3.8, 4) is 11.3 Å². The van der Waals surface area contributed by atoms with E-state index >= 15 is 0 Å². The second-order valence-corrected chi connectivity index (χ2v) is 8.97. The van der Waals surface area contributed by atoms with Crippen LogP contribution in [-0.4, -0.2) is 49.2 Å². The standard InChI is InChI=1S/C27H24F2N6O2/c1-3-23(36)34-12-9-19(16-34)25-33-24(21-15-30-11-13-35(21)25)17-4-6-18(7-5-17)26(37)32-22-14-20(8-10-31-22)27(2,28)29/h3-8,10-11,13-15,19H,1,9,12,16H2,2H3,(H,31,32,37)/t19-/m1/s1. The molecule has 4 heterocycles. The summed E-state index contributed by atoms with van der Waals surface area (Å²) in [5.74, 6) is -2.65. The third-order valence-corrected chi connectivity index (χ3v) is 6.44. The quantitative estimate of drug-likeness (QED) is 0.387. The van der Waals surface area contributed by atoms with Gasteiger partial charge in [-0.05, 0) is 36.8 Å². The van der Waals surface area contributed by atoms with E-state index in [1.165, 1.54) is 18.3 Å². The van der Waals surface area contributed by atoms with Crippen LogP contribution in [0.4, 0.5) is 14.6 Å². The molecule has 0 radical (unpaired) electrons. The van der Waals surface area contributed by atoms with Crippen LogP contribution in [0.2, 0.25) is 0 Å². The molecule has 0 bridgehead atoms. The number of anilines is 1. The first-order chi connectivity index (χ1) is 17.7. The third-order valence-electron chi connectivity index (χ3n) is 6.44. The molecule has 1 atom stereocenters. The molecule has 2 amide bonds. The molecule has 0 aliphatic carbocycles. The predicted octanol–water partition coefficient (Wildman–Crippen LogP) is 4.66. The number of hydrogen-bond donors (Lipinski definition) is 1. The summed E-state index contributed by atoms with van der Waals surface area (Å²) in [6.07, 6.45) is 8.62. The Labute approximate surface area is 211 Å². The van der Waals surface area contributed by atoms with Gasteiger partial charge in [0.1, 0.15) is 11.6 Å². The van der Waals surface area contributed by atoms with Gasteiger partial charge in [-0.1, -0.05) is 18.7 Å². The van der Waals surface area contributed by atoms with Crippen molar-refractivity contribution in [1.29, 1.82) is 0 Å². The summed E-state index contributed by atoms with van der Waals surface area (Å²) in [5, 5.41) is 2.57. The molecule has 8 nitrogen and oxygen atoms in total. The number of benzene rings is 1. The molecular weight excluding hydrogens is 478 g/mol. The van der Waals surface area contributed by atoms with Crippen LogP contribution in [-0.2, 0) is 10.7 Å². The van der Waals surface area contributed by atoms with E-state index in [9.17, 15) is 18.4 Å². The zero-order valence-corrected chi connectivity index (χ0v) is 20.1. The van der Waals surface area contributed by atoms with Crippen LogP contribution >= 0.6 is 0 Å². The van der Waals surface area contributed by atoms with E-state index in [0.717, 1.165) is 36.3 Å². The minimum Gasteiger partial charge on any atom is -0.338 e. The maximum atomic E-state index is 13.6. The van der Waals surface area contributed by atoms with Crippen LogP contribution in [0, 0.1) is 0 Å². The van der Waals surface area contributed by atoms with Crippen molar-refractivity contribution < 1.29 is 18.4 Å². The van der Waals surface area contributed by atoms with E-state index in [-0.39, 0.29) is 23.2 Å². The van der Waals surface area contributed by atoms with Crippen molar-refractivity contribution in [3.05, 3.63) is 90.8 Å². The summed E-state index contributed by atoms with van der Waals surface area (Å²) in [6.45, 7) is 5.56. The molecular formula is C27H24F2N6O2. The first-order valence-electron chi connectivity index (χ1n) is 11.7. The summed E-state index contributed by atoms with van der Waals surface area (Å²) in [5.41, 5.74) is 2.42. The molecule has 1 aliphatic heterocycles. The number of fused-ring (bicyclic) bond motifs is 1. The number of alkyl halides is 2. The molecule has 37 heavy (non-hydrogen) atoms. The summed E-state index contributed by atoms with van der Waals surface area (Å²) >= 11 is 0. The van der Waals surface area contributed by atoms with Crippen molar-refractivity contribution in [3.63, 3.8) is 0 Å². The molecule has 1 saturated heterocycles. The van der Waals surface area contributed by atoms with Crippen molar-refractivity contribution in [2.24, 2.45) is 0 Å². The number of nitrogens with zero attached hydrogens (tertiary/aromatic N) is 5. The van der Waals surface area contributed by atoms with Crippen LogP contribution in [0.25, 0.3) is 16.8 Å². The van der Waals surface area contributed by atoms with Gasteiger partial charge in [0.15, 0.2) is 0 Å². The number of rotatable bonds is 6. The Hall–Kier alpha value is -4.47. The van der Waals surface area contributed by atoms with Crippen molar-refractivity contribution >= 4 is 23.1 Å². The highest BCUT2D eigenvalue weighted by molar-refractivity contribution is 6.04. The zero-order chi connectivity index (χ0) is 26.2. The van der Waals surface area contributed by atoms with E-state index in [2.05, 4.69) is 21.9 Å². The molecule has 5 rings (SSSR count). The third kappa shape index (κ3) is 4.82. The van der Waals surface area contributed by atoms with Gasteiger partial charge in [-0.2, -0.15) is 0 Å². The SMILES string of the molecule is C=CC(=O)N1CC[C@@H](c2nc(-c3ccc(C(=O)Nc4cc(C(C)(F)F)ccn4)cc3)c3cnccn23)C1. The molecule has 1 fully saturated rings. The minimum absolute atomic E-state index is 0.0458. The number of carbonyl (C=O) groups is 2. The molecule has 1 aliphatic rings. The number of imidazole rings is 1. The minimum atomic E-state index is -3.04. The second-order valence-electron chi connectivity index (χ2n) is 8.97. The van der Waals surface area contributed by atoms with Gasteiger partial charge in [0.05, 0.1) is 17.4 Å². The summed E-state index contributed by atoms with van der Waals surface area (Å²) in [6, 6.07) is 9.21. The molecule has 188 valence electrons. The zero-order valence-electron chi connectivity index (χ0n) is 20.1. The van der Waals surface area contributed by atoms with E-state index in [0.29, 0.717) is 24.3 Å². The van der Waals surface area contributed by atoms with E-state index < -0.39 is 11.8 Å². The molecule has 3 aromatic heterocycles. The first-order valence-corrected chi connectivity index (χ1v) is 11.7. The van der Waals surface area contributed by atoms with Gasteiger partial charge in [-0.25, -0.2) is 18.7 Å². The number of pyridine rings is 1.